The van der Waals surface area contributed by atoms with E-state index in [1.807, 2.05) is 54.3 Å². The van der Waals surface area contributed by atoms with Gasteiger partial charge in [0.15, 0.2) is 0 Å². The zero-order chi connectivity index (χ0) is 16.2. The molecule has 4 heteroatoms. The number of fused-ring (bicyclic) bond motifs is 1. The highest BCUT2D eigenvalue weighted by Crippen LogP contribution is 2.20. The average molecular weight is 310 g/mol. The summed E-state index contributed by atoms with van der Waals surface area (Å²) in [5, 5.41) is 5.19. The van der Waals surface area contributed by atoms with Gasteiger partial charge in [-0.2, -0.15) is 0 Å². The largest absolute Gasteiger partial charge is 0.339 e. The SMILES string of the molecule is C[C@@H](CC(=O)Nc1ccc2ccccc2c1)N1CCCCC1=O. The highest BCUT2D eigenvalue weighted by atomic mass is 16.2. The normalized spacial score (nSPS) is 16.4. The third-order valence-corrected chi connectivity index (χ3v) is 4.41. The van der Waals surface area contributed by atoms with Gasteiger partial charge in [0, 0.05) is 31.1 Å². The quantitative estimate of drug-likeness (QED) is 0.938. The molecule has 2 amide bonds. The number of hydrogen-bond donors (Lipinski definition) is 1. The minimum Gasteiger partial charge on any atom is -0.339 e. The van der Waals surface area contributed by atoms with Crippen molar-refractivity contribution < 1.29 is 9.59 Å². The molecule has 3 rings (SSSR count). The molecule has 0 bridgehead atoms. The summed E-state index contributed by atoms with van der Waals surface area (Å²) in [5.41, 5.74) is 0.797. The number of hydrogen-bond acceptors (Lipinski definition) is 2. The van der Waals surface area contributed by atoms with Crippen LogP contribution in [0, 0.1) is 0 Å². The van der Waals surface area contributed by atoms with Crippen molar-refractivity contribution in [3.8, 4) is 0 Å². The first-order chi connectivity index (χ1) is 11.1. The van der Waals surface area contributed by atoms with Gasteiger partial charge in [0.2, 0.25) is 11.8 Å². The Kier molecular flexibility index (Phi) is 4.60. The molecule has 120 valence electrons. The first-order valence-corrected chi connectivity index (χ1v) is 8.21. The number of likely N-dealkylation sites (tertiary alicyclic amines) is 1. The average Bonchev–Trinajstić information content (AvgIpc) is 2.55. The van der Waals surface area contributed by atoms with Gasteiger partial charge in [-0.25, -0.2) is 0 Å². The minimum absolute atomic E-state index is 0.0499. The van der Waals surface area contributed by atoms with Crippen LogP contribution >= 0.6 is 0 Å². The van der Waals surface area contributed by atoms with E-state index in [4.69, 9.17) is 0 Å². The van der Waals surface area contributed by atoms with Crippen molar-refractivity contribution >= 4 is 28.3 Å². The molecule has 2 aromatic rings. The van der Waals surface area contributed by atoms with Gasteiger partial charge < -0.3 is 10.2 Å². The van der Waals surface area contributed by atoms with Crippen LogP contribution in [0.1, 0.15) is 32.6 Å². The van der Waals surface area contributed by atoms with Gasteiger partial charge >= 0.3 is 0 Å². The third-order valence-electron chi connectivity index (χ3n) is 4.41. The highest BCUT2D eigenvalue weighted by molar-refractivity contribution is 5.94. The minimum atomic E-state index is -0.0525. The summed E-state index contributed by atoms with van der Waals surface area (Å²) in [5.74, 6) is 0.119. The Morgan fingerprint density at radius 2 is 1.96 bits per heavy atom. The Balaban J connectivity index is 1.62. The number of carbonyl (C=O) groups is 2. The number of nitrogens with one attached hydrogen (secondary N) is 1. The third kappa shape index (κ3) is 3.70. The van der Waals surface area contributed by atoms with E-state index < -0.39 is 0 Å². The Hall–Kier alpha value is -2.36. The van der Waals surface area contributed by atoms with Crippen molar-refractivity contribution in [2.45, 2.75) is 38.6 Å². The number of amides is 2. The second-order valence-electron chi connectivity index (χ2n) is 6.21. The number of anilines is 1. The molecule has 0 aromatic heterocycles. The fourth-order valence-electron chi connectivity index (χ4n) is 3.15. The summed E-state index contributed by atoms with van der Waals surface area (Å²) in [7, 11) is 0. The summed E-state index contributed by atoms with van der Waals surface area (Å²) >= 11 is 0. The van der Waals surface area contributed by atoms with Crippen molar-refractivity contribution in [3.63, 3.8) is 0 Å². The van der Waals surface area contributed by atoms with Crippen LogP contribution in [-0.2, 0) is 9.59 Å². The first kappa shape index (κ1) is 15.5. The monoisotopic (exact) mass is 310 g/mol. The van der Waals surface area contributed by atoms with Gasteiger partial charge in [-0.15, -0.1) is 0 Å². The number of carbonyl (C=O) groups excluding carboxylic acids is 2. The lowest BCUT2D eigenvalue weighted by Gasteiger charge is -2.32. The zero-order valence-corrected chi connectivity index (χ0v) is 13.4. The lowest BCUT2D eigenvalue weighted by Crippen LogP contribution is -2.43. The highest BCUT2D eigenvalue weighted by Gasteiger charge is 2.24. The van der Waals surface area contributed by atoms with Crippen LogP contribution in [-0.4, -0.2) is 29.3 Å². The summed E-state index contributed by atoms with van der Waals surface area (Å²) in [4.78, 5) is 26.0. The fraction of sp³-hybridized carbons (Fsp3) is 0.368. The van der Waals surface area contributed by atoms with E-state index in [2.05, 4.69) is 5.32 Å². The predicted molar refractivity (Wildman–Crippen MR) is 92.2 cm³/mol. The maximum Gasteiger partial charge on any atom is 0.226 e. The molecule has 4 nitrogen and oxygen atoms in total. The van der Waals surface area contributed by atoms with Crippen molar-refractivity contribution in [1.29, 1.82) is 0 Å². The molecule has 0 unspecified atom stereocenters. The Morgan fingerprint density at radius 3 is 2.74 bits per heavy atom. The number of benzene rings is 2. The second-order valence-corrected chi connectivity index (χ2v) is 6.21. The van der Waals surface area contributed by atoms with Crippen LogP contribution in [0.3, 0.4) is 0 Å². The maximum absolute atomic E-state index is 12.3. The van der Waals surface area contributed by atoms with E-state index in [9.17, 15) is 9.59 Å². The van der Waals surface area contributed by atoms with Crippen LogP contribution in [0.15, 0.2) is 42.5 Å². The van der Waals surface area contributed by atoms with Gasteiger partial charge in [-0.1, -0.05) is 30.3 Å². The topological polar surface area (TPSA) is 49.4 Å². The van der Waals surface area contributed by atoms with Crippen LogP contribution in [0.2, 0.25) is 0 Å². The van der Waals surface area contributed by atoms with Crippen LogP contribution in [0.25, 0.3) is 10.8 Å². The van der Waals surface area contributed by atoms with E-state index in [-0.39, 0.29) is 17.9 Å². The van der Waals surface area contributed by atoms with Gasteiger partial charge in [-0.3, -0.25) is 9.59 Å². The molecule has 0 spiro atoms. The predicted octanol–water partition coefficient (Wildman–Crippen LogP) is 3.57. The van der Waals surface area contributed by atoms with Gasteiger partial charge in [0.1, 0.15) is 0 Å². The molecule has 1 saturated heterocycles. The standard InChI is InChI=1S/C19H22N2O2/c1-14(21-11-5-4-8-19(21)23)12-18(22)20-17-10-9-15-6-2-3-7-16(15)13-17/h2-3,6-7,9-10,13-14H,4-5,8,11-12H2,1H3,(H,20,22)/t14-/m0/s1. The van der Waals surface area contributed by atoms with E-state index in [0.29, 0.717) is 12.8 Å². The molecule has 1 atom stereocenters. The zero-order valence-electron chi connectivity index (χ0n) is 13.4. The molecule has 1 fully saturated rings. The number of rotatable bonds is 4. The molecular weight excluding hydrogens is 288 g/mol. The van der Waals surface area contributed by atoms with Crippen molar-refractivity contribution in [2.75, 3.05) is 11.9 Å². The van der Waals surface area contributed by atoms with Crippen molar-refractivity contribution in [3.05, 3.63) is 42.5 Å². The summed E-state index contributed by atoms with van der Waals surface area (Å²) in [6, 6.07) is 13.9. The van der Waals surface area contributed by atoms with Crippen LogP contribution < -0.4 is 5.32 Å². The molecule has 2 aromatic carbocycles. The lowest BCUT2D eigenvalue weighted by molar-refractivity contribution is -0.136. The van der Waals surface area contributed by atoms with E-state index in [1.165, 1.54) is 0 Å². The molecule has 1 aliphatic heterocycles. The Bertz CT molecular complexity index is 726. The fourth-order valence-corrected chi connectivity index (χ4v) is 3.15. The van der Waals surface area contributed by atoms with Gasteiger partial charge in [0.05, 0.1) is 0 Å². The molecule has 0 saturated carbocycles. The maximum atomic E-state index is 12.3. The van der Waals surface area contributed by atoms with Crippen molar-refractivity contribution in [2.24, 2.45) is 0 Å². The molecule has 23 heavy (non-hydrogen) atoms. The van der Waals surface area contributed by atoms with Gasteiger partial charge in [0.25, 0.3) is 0 Å². The molecule has 0 radical (unpaired) electrons. The second kappa shape index (κ2) is 6.82. The number of piperidine rings is 1. The molecule has 1 aliphatic rings. The summed E-state index contributed by atoms with van der Waals surface area (Å²) < 4.78 is 0. The molecule has 1 N–H and O–H groups in total. The van der Waals surface area contributed by atoms with E-state index in [1.54, 1.807) is 0 Å². The molecular formula is C19H22N2O2. The van der Waals surface area contributed by atoms with Crippen LogP contribution in [0.4, 0.5) is 5.69 Å². The summed E-state index contributed by atoms with van der Waals surface area (Å²) in [6.45, 7) is 2.71. The first-order valence-electron chi connectivity index (χ1n) is 8.21. The Morgan fingerprint density at radius 1 is 1.17 bits per heavy atom. The van der Waals surface area contributed by atoms with E-state index in [0.717, 1.165) is 35.8 Å². The van der Waals surface area contributed by atoms with Crippen molar-refractivity contribution in [1.82, 2.24) is 4.90 Å². The molecule has 1 heterocycles. The van der Waals surface area contributed by atoms with E-state index >= 15 is 0 Å². The smallest absolute Gasteiger partial charge is 0.226 e. The van der Waals surface area contributed by atoms with Gasteiger partial charge in [-0.05, 0) is 42.7 Å². The Labute approximate surface area is 136 Å². The lowest BCUT2D eigenvalue weighted by atomic mass is 10.1. The van der Waals surface area contributed by atoms with Crippen LogP contribution in [0.5, 0.6) is 0 Å². The molecule has 0 aliphatic carbocycles. The summed E-state index contributed by atoms with van der Waals surface area (Å²) in [6.07, 6.45) is 2.93. The number of nitrogens with zero attached hydrogens (tertiary/aromatic N) is 1.